The molecule has 1 aliphatic carbocycles. The van der Waals surface area contributed by atoms with E-state index in [1.54, 1.807) is 93.5 Å². The molecular formula is C55H88O25P4. The molecule has 0 radical (unpaired) electrons. The van der Waals surface area contributed by atoms with Crippen LogP contribution in [0, 0.1) is 0 Å². The van der Waals surface area contributed by atoms with Gasteiger partial charge in [0, 0.05) is 0 Å². The van der Waals surface area contributed by atoms with Crippen molar-refractivity contribution in [1.82, 2.24) is 0 Å². The van der Waals surface area contributed by atoms with Crippen LogP contribution in [0.3, 0.4) is 0 Å². The summed E-state index contributed by atoms with van der Waals surface area (Å²) in [6.07, 6.45) is 2.37. The molecule has 8 heterocycles. The summed E-state index contributed by atoms with van der Waals surface area (Å²) in [6, 6.07) is 0. The topological polar surface area (TPSA) is 336 Å². The Labute approximate surface area is 498 Å². The standard InChI is InChI=1S/C11H17O4P.C9H13O4P.C9H15O4P.C9H13O4P.C9H16O4.C8H14O5/c1-5-8-9(15-10(3,4)14-8)11(12,6-2)7-16-13;1-8(2)12-6-3-4-9(10,5-14-11)7(6)13-8;2*1-4-7-8(6(10)5-14-11)13-9(2,3)12-7;1-4-5-6-7(8(10)11-5)13-9(2,3)12-6;1-8(2)12-5-4(3-9)11-7(10)6(5)13-8/h5-6,8-9,12H,1-2,7H2,3-4H3;3-4,6-7,10H,5H2,1-2H3;4,6-8,10H,1,5H2,2-3H3;4,7-8H,1,5H2,2-3H3;5-8,10H,4H2,1-3H3;4-7,9-10H,3H2,1-2H3/t8-,9-,11?;6-,7-,9+;6-,7+,8-;7-,8+;5?,6-,7-,8?;4?,5-,6-,7?/m001011/s1. The van der Waals surface area contributed by atoms with Gasteiger partial charge in [0.05, 0.1) is 43.5 Å². The molecule has 9 rings (SSSR count). The normalized spacial score (nSPS) is 39.0. The van der Waals surface area contributed by atoms with Gasteiger partial charge in [-0.2, -0.15) is 0 Å². The van der Waals surface area contributed by atoms with Crippen LogP contribution >= 0.6 is 33.8 Å². The van der Waals surface area contributed by atoms with Crippen LogP contribution in [0.5, 0.6) is 0 Å². The van der Waals surface area contributed by atoms with Crippen molar-refractivity contribution in [3.05, 3.63) is 62.8 Å². The number of hydrogen-bond donors (Lipinski definition) is 6. The lowest BCUT2D eigenvalue weighted by atomic mass is 9.94. The molecule has 84 heavy (non-hydrogen) atoms. The van der Waals surface area contributed by atoms with Gasteiger partial charge in [-0.05, 0) is 89.5 Å². The number of aliphatic hydroxyl groups is 6. The van der Waals surface area contributed by atoms with Crippen LogP contribution in [0.25, 0.3) is 0 Å². The lowest BCUT2D eigenvalue weighted by Gasteiger charge is -2.30. The Morgan fingerprint density at radius 3 is 1.57 bits per heavy atom. The summed E-state index contributed by atoms with van der Waals surface area (Å²) in [5, 5.41) is 57.8. The molecule has 29 heteroatoms. The van der Waals surface area contributed by atoms with Gasteiger partial charge in [-0.25, -0.2) is 0 Å². The van der Waals surface area contributed by atoms with Crippen molar-refractivity contribution in [1.29, 1.82) is 0 Å². The van der Waals surface area contributed by atoms with Gasteiger partial charge in [-0.15, -0.1) is 26.3 Å². The van der Waals surface area contributed by atoms with Crippen LogP contribution < -0.4 is 0 Å². The quantitative estimate of drug-likeness (QED) is 0.0746. The fraction of sp³-hybridized carbons (Fsp3) is 0.800. The maximum absolute atomic E-state index is 11.4. The molecule has 0 aromatic rings. The highest BCUT2D eigenvalue weighted by molar-refractivity contribution is 7.25. The molecule has 6 N–H and O–H groups in total. The Morgan fingerprint density at radius 2 is 1.08 bits per heavy atom. The molecule has 0 amide bonds. The molecule has 19 atom stereocenters. The van der Waals surface area contributed by atoms with E-state index in [9.17, 15) is 48.6 Å². The second kappa shape index (κ2) is 30.7. The van der Waals surface area contributed by atoms with E-state index >= 15 is 0 Å². The number of ketones is 1. The van der Waals surface area contributed by atoms with Crippen LogP contribution in [0.15, 0.2) is 62.8 Å². The van der Waals surface area contributed by atoms with Gasteiger partial charge in [0.2, 0.25) is 0 Å². The number of carbonyl (C=O) groups excluding carboxylic acids is 1. The molecule has 0 aromatic carbocycles. The third-order valence-corrected chi connectivity index (χ3v) is 16.0. The second-order valence-electron chi connectivity index (χ2n) is 23.4. The number of hydrogen-bond acceptors (Lipinski definition) is 25. The number of fused-ring (bicyclic) bond motifs is 3. The van der Waals surface area contributed by atoms with E-state index in [4.69, 9.17) is 71.4 Å². The molecular weight excluding hydrogens is 1180 g/mol. The Kier molecular flexibility index (Phi) is 27.2. The zero-order chi connectivity index (χ0) is 63.6. The van der Waals surface area contributed by atoms with Crippen molar-refractivity contribution in [2.75, 3.05) is 31.3 Å². The molecule has 9 aliphatic rings. The first-order valence-corrected chi connectivity index (χ1v) is 31.4. The first kappa shape index (κ1) is 74.4. The average Bonchev–Trinajstić information content (AvgIpc) is 4.49. The maximum Gasteiger partial charge on any atom is 0.184 e. The summed E-state index contributed by atoms with van der Waals surface area (Å²) < 4.78 is 118. The summed E-state index contributed by atoms with van der Waals surface area (Å²) in [5.41, 5.74) is -2.53. The van der Waals surface area contributed by atoms with E-state index in [1.807, 2.05) is 20.8 Å². The highest BCUT2D eigenvalue weighted by atomic mass is 31.1. The molecule has 0 saturated carbocycles. The van der Waals surface area contributed by atoms with Crippen LogP contribution in [0.4, 0.5) is 0 Å². The molecule has 0 spiro atoms. The van der Waals surface area contributed by atoms with Gasteiger partial charge in [-0.1, -0.05) is 43.4 Å². The number of aliphatic hydroxyl groups excluding tert-OH is 4. The van der Waals surface area contributed by atoms with E-state index in [0.29, 0.717) is 0 Å². The Morgan fingerprint density at radius 1 is 0.607 bits per heavy atom. The monoisotopic (exact) mass is 1270 g/mol. The number of rotatable bonds is 17. The van der Waals surface area contributed by atoms with E-state index in [-0.39, 0.29) is 108 Å². The molecule has 0 aromatic heterocycles. The van der Waals surface area contributed by atoms with Crippen molar-refractivity contribution < 1.29 is 120 Å². The van der Waals surface area contributed by atoms with Gasteiger partial charge in [-0.3, -0.25) is 23.1 Å². The van der Waals surface area contributed by atoms with E-state index < -0.39 is 113 Å². The van der Waals surface area contributed by atoms with Gasteiger partial charge >= 0.3 is 0 Å². The summed E-state index contributed by atoms with van der Waals surface area (Å²) in [6.45, 7) is 37.5. The highest BCUT2D eigenvalue weighted by Crippen LogP contribution is 2.43. The van der Waals surface area contributed by atoms with E-state index in [1.165, 1.54) is 12.2 Å². The lowest BCUT2D eigenvalue weighted by Crippen LogP contribution is -2.47. The lowest BCUT2D eigenvalue weighted by molar-refractivity contribution is -0.223. The summed E-state index contributed by atoms with van der Waals surface area (Å²) in [5.74, 6) is -4.48. The smallest absolute Gasteiger partial charge is 0.184 e. The minimum Gasteiger partial charge on any atom is -0.394 e. The van der Waals surface area contributed by atoms with Crippen molar-refractivity contribution >= 4 is 39.6 Å². The fourth-order valence-electron chi connectivity index (χ4n) is 10.3. The Hall–Kier alpha value is -2.03. The first-order valence-electron chi connectivity index (χ1n) is 27.4. The number of ether oxygens (including phenoxy) is 14. The molecule has 8 aliphatic heterocycles. The van der Waals surface area contributed by atoms with Crippen molar-refractivity contribution in [3.8, 4) is 0 Å². The van der Waals surface area contributed by atoms with Crippen LogP contribution in [-0.2, 0) is 89.4 Å². The van der Waals surface area contributed by atoms with E-state index in [0.717, 1.165) is 6.42 Å². The van der Waals surface area contributed by atoms with Crippen molar-refractivity contribution in [2.24, 2.45) is 0 Å². The SMILES string of the molecule is C=C[C@@H]1OC(C)(C)O[C@@H]1C(=O)CP=O.C=C[C@@H]1OC(C)(C)O[C@@H]1C(O)(C=C)CP=O.C=C[C@@H]1OC(C)(C)O[C@@H]1[C@H](O)CP=O.CC1(C)O[C@@H]2C(CO)OC(O)[C@@H]2O1.CC1(C)O[C@H]2C=C[C@@](O)(CP=O)[C@H]2O1.CCC1OC(O)[C@@H]2OC(C)(C)O[C@H]12. The average molecular weight is 1270 g/mol. The van der Waals surface area contributed by atoms with Crippen LogP contribution in [0.2, 0.25) is 0 Å². The van der Waals surface area contributed by atoms with Crippen molar-refractivity contribution in [2.45, 2.75) is 246 Å². The molecule has 25 nitrogen and oxygen atoms in total. The third-order valence-electron chi connectivity index (χ3n) is 13.8. The zero-order valence-electron chi connectivity index (χ0n) is 50.1. The van der Waals surface area contributed by atoms with Crippen LogP contribution in [-0.4, -0.2) is 218 Å². The third kappa shape index (κ3) is 19.7. The van der Waals surface area contributed by atoms with Gasteiger partial charge in [0.25, 0.3) is 0 Å². The molecule has 5 unspecified atom stereocenters. The largest absolute Gasteiger partial charge is 0.394 e. The second-order valence-corrected chi connectivity index (χ2v) is 25.8. The molecule has 8 fully saturated rings. The van der Waals surface area contributed by atoms with Gasteiger partial charge < -0.3 is 97.0 Å². The molecule has 478 valence electrons. The Balaban J connectivity index is 0.000000216. The van der Waals surface area contributed by atoms with Crippen LogP contribution in [0.1, 0.15) is 96.4 Å². The summed E-state index contributed by atoms with van der Waals surface area (Å²) in [4.78, 5) is 11.4. The summed E-state index contributed by atoms with van der Waals surface area (Å²) in [7, 11) is -0.547. The predicted octanol–water partition coefficient (Wildman–Crippen LogP) is 5.75. The van der Waals surface area contributed by atoms with Crippen molar-refractivity contribution in [3.63, 3.8) is 0 Å². The van der Waals surface area contributed by atoms with E-state index in [2.05, 4.69) is 26.3 Å². The fourth-order valence-corrected chi connectivity index (χ4v) is 12.0. The highest BCUT2D eigenvalue weighted by Gasteiger charge is 2.57. The van der Waals surface area contributed by atoms with Gasteiger partial charge in [0.1, 0.15) is 90.6 Å². The minimum atomic E-state index is -1.38. The molecule has 0 bridgehead atoms. The number of Topliss-reactive ketones (excluding diaryl/α,β-unsaturated/α-hetero) is 1. The minimum absolute atomic E-state index is 0.0188. The maximum atomic E-state index is 11.4. The first-order chi connectivity index (χ1) is 38.9. The molecule has 8 saturated heterocycles. The number of carbonyl (C=O) groups is 1. The van der Waals surface area contributed by atoms with Gasteiger partial charge in [0.15, 0.2) is 86.9 Å². The summed E-state index contributed by atoms with van der Waals surface area (Å²) >= 11 is 0. The predicted molar refractivity (Wildman–Crippen MR) is 303 cm³/mol. The zero-order valence-corrected chi connectivity index (χ0v) is 53.7. The Bertz CT molecular complexity index is 2230.